The van der Waals surface area contributed by atoms with Crippen molar-refractivity contribution in [1.82, 2.24) is 74.0 Å². The maximum absolute atomic E-state index is 15.3. The second-order valence-electron chi connectivity index (χ2n) is 32.7. The van der Waals surface area contributed by atoms with Crippen molar-refractivity contribution in [3.05, 3.63) is 82.8 Å². The van der Waals surface area contributed by atoms with Crippen molar-refractivity contribution in [3.8, 4) is 0 Å². The first-order valence-corrected chi connectivity index (χ1v) is 40.6. The third-order valence-corrected chi connectivity index (χ3v) is 21.0. The van der Waals surface area contributed by atoms with Gasteiger partial charge in [0.2, 0.25) is 70.9 Å². The minimum atomic E-state index is -1.86. The average molecular weight is 1600 g/mol. The Kier molecular flexibility index (Phi) is 39.8. The number of rotatable bonds is 36. The van der Waals surface area contributed by atoms with Gasteiger partial charge in [-0.05, 0) is 136 Å². The summed E-state index contributed by atoms with van der Waals surface area (Å²) in [5.41, 5.74) is 1.56. The summed E-state index contributed by atoms with van der Waals surface area (Å²) in [6.45, 7) is 33.8. The first-order chi connectivity index (χ1) is 53.6. The molecule has 0 aromatic heterocycles. The topological polar surface area (TPSA) is 428 Å². The minimum Gasteiger partial charge on any atom is -0.458 e. The van der Waals surface area contributed by atoms with Gasteiger partial charge in [-0.25, -0.2) is 9.18 Å². The van der Waals surface area contributed by atoms with Crippen LogP contribution < -0.4 is 69.1 Å². The molecule has 0 unspecified atom stereocenters. The normalized spacial score (nSPS) is 21.7. The summed E-state index contributed by atoms with van der Waals surface area (Å²) >= 11 is 0. The van der Waals surface area contributed by atoms with Gasteiger partial charge in [0.25, 0.3) is 5.91 Å². The number of cyclic esters (lactones) is 1. The monoisotopic (exact) mass is 1600 g/mol. The van der Waals surface area contributed by atoms with Gasteiger partial charge in [0.1, 0.15) is 90.1 Å². The standard InChI is InChI=1S/C83H131FN14O16/c1-21-49(16)67(79(109)97-70-53(20)114-83(113)66(48(14)15)93-71(101)57(23-3)86-73(103)59(41-54-31-25-24-26-32-54)88-75(105)63(45(8)9)90-78(108)68(50(17)22-2)95-81(70)111)94-72(102)58(33-28-38-85-42-55-36-37-56(84)51(18)40-55)87-74(104)60-34-29-39-98(60)82(112)65(47(12)13)92-77(107)64(46(10)11)91-80(110)69(52(19)99)96-76(106)62(44(6)7)89-61(100)35-27-30-43(4)5/h23-26,31-32,36-37,40,43-50,52-53,58-60,62-70,85,99H,21-22,27-30,33-35,38-39,41-42H2,1-20H3,(H,86,103)(H,87,104)(H,88,105)(H,89,100)(H,90,108)(H,91,110)(H,92,107)(H,93,101)(H,94,102)(H,95,111)(H,96,106)(H,97,109)/b57-23-/t49-,50-,52+,53+,58-,59-,60+,62+,63+,64-,65+,66-,67+,68+,69-,70+/m0/s1. The summed E-state index contributed by atoms with van der Waals surface area (Å²) in [5, 5.41) is 46.8. The zero-order valence-electron chi connectivity index (χ0n) is 70.5. The molecule has 30 nitrogen and oxygen atoms in total. The van der Waals surface area contributed by atoms with Crippen molar-refractivity contribution in [1.29, 1.82) is 0 Å². The number of hydrogen-bond donors (Lipinski definition) is 14. The Morgan fingerprint density at radius 1 is 0.614 bits per heavy atom. The number of likely N-dealkylation sites (tertiary alicyclic amines) is 1. The lowest BCUT2D eigenvalue weighted by atomic mass is 9.95. The van der Waals surface area contributed by atoms with Crippen LogP contribution in [0.1, 0.15) is 206 Å². The van der Waals surface area contributed by atoms with Crippen LogP contribution in [0.25, 0.3) is 0 Å². The third-order valence-electron chi connectivity index (χ3n) is 21.0. The summed E-state index contributed by atoms with van der Waals surface area (Å²) < 4.78 is 20.3. The number of carbonyl (C=O) groups is 14. The second-order valence-corrected chi connectivity index (χ2v) is 32.7. The molecule has 114 heavy (non-hydrogen) atoms. The Balaban J connectivity index is 1.72. The van der Waals surface area contributed by atoms with E-state index in [-0.39, 0.29) is 69.0 Å². The van der Waals surface area contributed by atoms with Gasteiger partial charge < -0.3 is 83.9 Å². The molecule has 2 heterocycles. The smallest absolute Gasteiger partial charge is 0.329 e. The Morgan fingerprint density at radius 2 is 1.18 bits per heavy atom. The van der Waals surface area contributed by atoms with E-state index >= 15 is 14.4 Å². The van der Waals surface area contributed by atoms with Crippen LogP contribution in [0.5, 0.6) is 0 Å². The number of amides is 13. The summed E-state index contributed by atoms with van der Waals surface area (Å²) in [6.07, 6.45) is 0.870. The van der Waals surface area contributed by atoms with Crippen molar-refractivity contribution in [3.63, 3.8) is 0 Å². The Labute approximate surface area is 672 Å². The fraction of sp³-hybridized carbons (Fsp3) is 0.663. The largest absolute Gasteiger partial charge is 0.458 e. The molecular formula is C83H131FN14O16. The molecule has 2 fully saturated rings. The first-order valence-electron chi connectivity index (χ1n) is 40.6. The number of ether oxygens (including phenoxy) is 1. The molecule has 13 amide bonds. The zero-order valence-corrected chi connectivity index (χ0v) is 70.5. The number of nitrogens with zero attached hydrogens (tertiary/aromatic N) is 1. The molecule has 2 aliphatic heterocycles. The fourth-order valence-electron chi connectivity index (χ4n) is 13.3. The minimum absolute atomic E-state index is 0.0451. The van der Waals surface area contributed by atoms with Gasteiger partial charge in [-0.3, -0.25) is 62.3 Å². The van der Waals surface area contributed by atoms with Gasteiger partial charge in [-0.2, -0.15) is 0 Å². The average Bonchev–Trinajstić information content (AvgIpc) is 1.78. The summed E-state index contributed by atoms with van der Waals surface area (Å²) in [4.78, 5) is 204. The molecule has 0 aliphatic carbocycles. The lowest BCUT2D eigenvalue weighted by Gasteiger charge is -2.34. The van der Waals surface area contributed by atoms with Crippen molar-refractivity contribution in [2.75, 3.05) is 13.1 Å². The van der Waals surface area contributed by atoms with Crippen molar-refractivity contribution < 1.29 is 81.4 Å². The molecule has 636 valence electrons. The lowest BCUT2D eigenvalue weighted by molar-refractivity contribution is -0.157. The first kappa shape index (κ1) is 97.0. The van der Waals surface area contributed by atoms with E-state index in [1.807, 2.05) is 13.8 Å². The molecule has 2 aromatic rings. The number of esters is 1. The van der Waals surface area contributed by atoms with Crippen LogP contribution >= 0.6 is 0 Å². The highest BCUT2D eigenvalue weighted by molar-refractivity contribution is 6.03. The number of hydrogen-bond acceptors (Lipinski definition) is 17. The highest BCUT2D eigenvalue weighted by Crippen LogP contribution is 2.24. The maximum atomic E-state index is 15.3. The predicted octanol–water partition coefficient (Wildman–Crippen LogP) is 4.12. The van der Waals surface area contributed by atoms with E-state index in [0.29, 0.717) is 42.9 Å². The Bertz CT molecular complexity index is 3650. The van der Waals surface area contributed by atoms with Crippen LogP contribution in [0.15, 0.2) is 60.3 Å². The van der Waals surface area contributed by atoms with Gasteiger partial charge in [0.15, 0.2) is 0 Å². The van der Waals surface area contributed by atoms with Gasteiger partial charge in [0.05, 0.1) is 6.10 Å². The second kappa shape index (κ2) is 46.8. The number of benzene rings is 2. The molecule has 16 atom stereocenters. The summed E-state index contributed by atoms with van der Waals surface area (Å²) in [6, 6.07) is -3.33. The molecule has 0 bridgehead atoms. The van der Waals surface area contributed by atoms with Crippen LogP contribution in [0.2, 0.25) is 0 Å². The number of aliphatic hydroxyl groups is 1. The molecule has 0 radical (unpaired) electrons. The molecule has 31 heteroatoms. The van der Waals surface area contributed by atoms with E-state index in [0.717, 1.165) is 12.0 Å². The van der Waals surface area contributed by atoms with E-state index in [4.69, 9.17) is 4.74 Å². The molecule has 2 aromatic carbocycles. The predicted molar refractivity (Wildman–Crippen MR) is 429 cm³/mol. The van der Waals surface area contributed by atoms with E-state index in [2.05, 4.69) is 69.1 Å². The summed E-state index contributed by atoms with van der Waals surface area (Å²) in [7, 11) is 0. The molecule has 2 aliphatic rings. The van der Waals surface area contributed by atoms with E-state index in [1.165, 1.54) is 37.8 Å². The fourth-order valence-corrected chi connectivity index (χ4v) is 13.3. The quantitative estimate of drug-likeness (QED) is 0.0259. The van der Waals surface area contributed by atoms with Gasteiger partial charge in [0, 0.05) is 25.9 Å². The SMILES string of the molecule is C/C=C1\NC(=O)[C@H](Cc2ccccc2)NC(=O)[C@@H](C(C)C)NC(=O)[C@@H]([C@@H](C)CC)NC(=O)[C@H](NC(=O)[C@H](NC(=O)[C@H](CCCNCc2ccc(F)c(C)c2)NC(=O)[C@H]2CCCN2C(=O)[C@H](NC(=O)[C@@H](NC(=O)[C@@H](NC(=O)[C@H](NC(=O)CCCC(C)C)C(C)C)[C@@H](C)O)C(C)C)C(C)C)[C@@H](C)CC)[C@@H](C)OC(=O)[C@H](C(C)C)NC1=O. The number of halogens is 1. The van der Waals surface area contributed by atoms with Crippen LogP contribution in [-0.4, -0.2) is 191 Å². The van der Waals surface area contributed by atoms with Crippen molar-refractivity contribution in [2.45, 2.75) is 294 Å². The molecular weight excluding hydrogens is 1470 g/mol. The lowest BCUT2D eigenvalue weighted by Crippen LogP contribution is -2.64. The zero-order chi connectivity index (χ0) is 85.7. The molecule has 14 N–H and O–H groups in total. The van der Waals surface area contributed by atoms with Crippen LogP contribution in [0.4, 0.5) is 4.39 Å². The van der Waals surface area contributed by atoms with Crippen molar-refractivity contribution in [2.24, 2.45) is 47.3 Å². The number of allylic oxidation sites excluding steroid dienone is 1. The summed E-state index contributed by atoms with van der Waals surface area (Å²) in [5.74, 6) is -15.8. The molecule has 2 saturated heterocycles. The number of nitrogens with one attached hydrogen (secondary N) is 13. The number of aliphatic hydroxyl groups excluding tert-OH is 1. The highest BCUT2D eigenvalue weighted by atomic mass is 19.1. The van der Waals surface area contributed by atoms with Crippen molar-refractivity contribution >= 4 is 82.8 Å². The van der Waals surface area contributed by atoms with E-state index < -0.39 is 203 Å². The van der Waals surface area contributed by atoms with Gasteiger partial charge in [-0.1, -0.05) is 179 Å². The Hall–Kier alpha value is -9.39. The highest BCUT2D eigenvalue weighted by Gasteiger charge is 2.45. The van der Waals surface area contributed by atoms with Crippen LogP contribution in [-0.2, 0) is 84.8 Å². The number of carbonyl (C=O) groups excluding carboxylic acids is 14. The van der Waals surface area contributed by atoms with Gasteiger partial charge in [-0.15, -0.1) is 0 Å². The van der Waals surface area contributed by atoms with Crippen LogP contribution in [0.3, 0.4) is 0 Å². The molecule has 4 rings (SSSR count). The van der Waals surface area contributed by atoms with Crippen LogP contribution in [0, 0.1) is 60.1 Å². The Morgan fingerprint density at radius 3 is 1.75 bits per heavy atom. The van der Waals surface area contributed by atoms with E-state index in [1.54, 1.807) is 146 Å². The number of aryl methyl sites for hydroxylation is 1. The third kappa shape index (κ3) is 29.5. The maximum Gasteiger partial charge on any atom is 0.329 e. The van der Waals surface area contributed by atoms with Gasteiger partial charge >= 0.3 is 5.97 Å². The van der Waals surface area contributed by atoms with E-state index in [9.17, 15) is 62.2 Å². The molecule has 0 spiro atoms. The molecule has 0 saturated carbocycles.